The number of halogens is 3. The van der Waals surface area contributed by atoms with Gasteiger partial charge in [-0.1, -0.05) is 12.1 Å². The van der Waals surface area contributed by atoms with Crippen LogP contribution >= 0.6 is 0 Å². The Morgan fingerprint density at radius 3 is 2.74 bits per heavy atom. The van der Waals surface area contributed by atoms with Gasteiger partial charge < -0.3 is 15.2 Å². The molecule has 0 aliphatic rings. The number of hydrogen-bond donors (Lipinski definition) is 2. The number of benzene rings is 1. The Morgan fingerprint density at radius 2 is 2.16 bits per heavy atom. The molecular formula is C12H14F3NO3. The van der Waals surface area contributed by atoms with Crippen LogP contribution in [0.3, 0.4) is 0 Å². The van der Waals surface area contributed by atoms with E-state index in [4.69, 9.17) is 0 Å². The van der Waals surface area contributed by atoms with Gasteiger partial charge in [-0.25, -0.2) is 0 Å². The first-order valence-corrected chi connectivity index (χ1v) is 5.47. The Morgan fingerprint density at radius 1 is 1.47 bits per heavy atom. The van der Waals surface area contributed by atoms with Crippen LogP contribution in [0.5, 0.6) is 0 Å². The van der Waals surface area contributed by atoms with Crippen molar-refractivity contribution in [2.45, 2.75) is 12.3 Å². The Hall–Kier alpha value is -1.60. The average molecular weight is 277 g/mol. The van der Waals surface area contributed by atoms with Gasteiger partial charge in [-0.2, -0.15) is 13.2 Å². The molecular weight excluding hydrogens is 263 g/mol. The van der Waals surface area contributed by atoms with Gasteiger partial charge in [0.05, 0.1) is 25.3 Å². The van der Waals surface area contributed by atoms with Crippen molar-refractivity contribution in [3.8, 4) is 0 Å². The molecule has 1 atom stereocenters. The van der Waals surface area contributed by atoms with E-state index < -0.39 is 23.8 Å². The van der Waals surface area contributed by atoms with Gasteiger partial charge in [0.2, 0.25) is 0 Å². The lowest BCUT2D eigenvalue weighted by atomic mass is 10.1. The molecule has 0 saturated heterocycles. The number of esters is 1. The zero-order chi connectivity index (χ0) is 14.5. The molecule has 1 aromatic rings. The SMILES string of the molecule is COC(=O)CNCC(O)c1cccc(C(F)(F)F)c1. The van der Waals surface area contributed by atoms with Crippen molar-refractivity contribution in [2.24, 2.45) is 0 Å². The van der Waals surface area contributed by atoms with E-state index >= 15 is 0 Å². The second-order valence-corrected chi connectivity index (χ2v) is 3.85. The Bertz CT molecular complexity index is 434. The topological polar surface area (TPSA) is 58.6 Å². The molecule has 0 bridgehead atoms. The first kappa shape index (κ1) is 15.5. The molecule has 0 aromatic heterocycles. The normalized spacial score (nSPS) is 13.1. The molecule has 0 amide bonds. The smallest absolute Gasteiger partial charge is 0.416 e. The predicted octanol–water partition coefficient (Wildman–Crippen LogP) is 1.50. The quantitative estimate of drug-likeness (QED) is 0.801. The maximum Gasteiger partial charge on any atom is 0.416 e. The van der Waals surface area contributed by atoms with Crippen LogP contribution in [0.2, 0.25) is 0 Å². The molecule has 2 N–H and O–H groups in total. The van der Waals surface area contributed by atoms with Crippen molar-refractivity contribution in [3.05, 3.63) is 35.4 Å². The highest BCUT2D eigenvalue weighted by Gasteiger charge is 2.30. The lowest BCUT2D eigenvalue weighted by Crippen LogP contribution is -2.28. The monoisotopic (exact) mass is 277 g/mol. The van der Waals surface area contributed by atoms with Crippen LogP contribution in [0.1, 0.15) is 17.2 Å². The van der Waals surface area contributed by atoms with Gasteiger partial charge in [-0.15, -0.1) is 0 Å². The van der Waals surface area contributed by atoms with Crippen molar-refractivity contribution in [3.63, 3.8) is 0 Å². The number of methoxy groups -OCH3 is 1. The number of carbonyl (C=O) groups is 1. The van der Waals surface area contributed by atoms with Crippen LogP contribution < -0.4 is 5.32 Å². The second kappa shape index (κ2) is 6.53. The summed E-state index contributed by atoms with van der Waals surface area (Å²) in [6.07, 6.45) is -5.58. The summed E-state index contributed by atoms with van der Waals surface area (Å²) in [5.41, 5.74) is -0.691. The van der Waals surface area contributed by atoms with Crippen LogP contribution in [-0.2, 0) is 15.7 Å². The predicted molar refractivity (Wildman–Crippen MR) is 61.3 cm³/mol. The molecule has 106 valence electrons. The largest absolute Gasteiger partial charge is 0.468 e. The van der Waals surface area contributed by atoms with Crippen LogP contribution in [0.15, 0.2) is 24.3 Å². The minimum atomic E-state index is -4.45. The van der Waals surface area contributed by atoms with Gasteiger partial charge in [-0.05, 0) is 17.7 Å². The van der Waals surface area contributed by atoms with E-state index in [0.717, 1.165) is 12.1 Å². The third-order valence-electron chi connectivity index (χ3n) is 2.43. The molecule has 0 aliphatic carbocycles. The molecule has 0 aliphatic heterocycles. The van der Waals surface area contributed by atoms with Crippen molar-refractivity contribution in [1.82, 2.24) is 5.32 Å². The molecule has 0 saturated carbocycles. The summed E-state index contributed by atoms with van der Waals surface area (Å²) >= 11 is 0. The fourth-order valence-corrected chi connectivity index (χ4v) is 1.42. The molecule has 1 aromatic carbocycles. The third-order valence-corrected chi connectivity index (χ3v) is 2.43. The first-order valence-electron chi connectivity index (χ1n) is 5.47. The van der Waals surface area contributed by atoms with Gasteiger partial charge in [0.25, 0.3) is 0 Å². The second-order valence-electron chi connectivity index (χ2n) is 3.85. The highest BCUT2D eigenvalue weighted by atomic mass is 19.4. The van der Waals surface area contributed by atoms with E-state index in [1.165, 1.54) is 19.2 Å². The number of alkyl halides is 3. The Labute approximate surface area is 108 Å². The van der Waals surface area contributed by atoms with Crippen LogP contribution in [0.4, 0.5) is 13.2 Å². The minimum absolute atomic E-state index is 0.0452. The number of nitrogens with one attached hydrogen (secondary N) is 1. The van der Waals surface area contributed by atoms with Crippen molar-refractivity contribution < 1.29 is 27.8 Å². The number of hydrogen-bond acceptors (Lipinski definition) is 4. The molecule has 4 nitrogen and oxygen atoms in total. The summed E-state index contributed by atoms with van der Waals surface area (Å²) in [4.78, 5) is 10.8. The molecule has 0 radical (unpaired) electrons. The summed E-state index contributed by atoms with van der Waals surface area (Å²) in [7, 11) is 1.22. The summed E-state index contributed by atoms with van der Waals surface area (Å²) in [5.74, 6) is -0.517. The molecule has 7 heteroatoms. The molecule has 0 heterocycles. The number of aliphatic hydroxyl groups excluding tert-OH is 1. The maximum atomic E-state index is 12.5. The van der Waals surface area contributed by atoms with Crippen molar-refractivity contribution in [2.75, 3.05) is 20.2 Å². The lowest BCUT2D eigenvalue weighted by molar-refractivity contribution is -0.139. The zero-order valence-corrected chi connectivity index (χ0v) is 10.2. The van der Waals surface area contributed by atoms with E-state index in [1.807, 2.05) is 0 Å². The van der Waals surface area contributed by atoms with Gasteiger partial charge in [-0.3, -0.25) is 4.79 Å². The summed E-state index contributed by atoms with van der Waals surface area (Å²) < 4.78 is 41.8. The van der Waals surface area contributed by atoms with E-state index in [-0.39, 0.29) is 18.7 Å². The fourth-order valence-electron chi connectivity index (χ4n) is 1.42. The highest BCUT2D eigenvalue weighted by Crippen LogP contribution is 2.30. The van der Waals surface area contributed by atoms with E-state index in [1.54, 1.807) is 0 Å². The molecule has 0 spiro atoms. The van der Waals surface area contributed by atoms with Crippen molar-refractivity contribution >= 4 is 5.97 Å². The molecule has 1 unspecified atom stereocenters. The van der Waals surface area contributed by atoms with Gasteiger partial charge in [0.15, 0.2) is 0 Å². The Balaban J connectivity index is 2.62. The van der Waals surface area contributed by atoms with Gasteiger partial charge >= 0.3 is 12.1 Å². The minimum Gasteiger partial charge on any atom is -0.468 e. The highest BCUT2D eigenvalue weighted by molar-refractivity contribution is 5.71. The number of rotatable bonds is 5. The summed E-state index contributed by atoms with van der Waals surface area (Å²) in [6, 6.07) is 4.42. The van der Waals surface area contributed by atoms with E-state index in [0.29, 0.717) is 0 Å². The Kier molecular flexibility index (Phi) is 5.31. The summed E-state index contributed by atoms with van der Waals surface area (Å²) in [5, 5.41) is 12.3. The summed E-state index contributed by atoms with van der Waals surface area (Å²) in [6.45, 7) is -0.164. The van der Waals surface area contributed by atoms with Gasteiger partial charge in [0.1, 0.15) is 0 Å². The molecule has 19 heavy (non-hydrogen) atoms. The third kappa shape index (κ3) is 4.88. The maximum absolute atomic E-state index is 12.5. The number of ether oxygens (including phenoxy) is 1. The van der Waals surface area contributed by atoms with Crippen LogP contribution in [0.25, 0.3) is 0 Å². The van der Waals surface area contributed by atoms with Crippen LogP contribution in [0, 0.1) is 0 Å². The number of carbonyl (C=O) groups excluding carboxylic acids is 1. The average Bonchev–Trinajstić information content (AvgIpc) is 2.37. The van der Waals surface area contributed by atoms with E-state index in [2.05, 4.69) is 10.1 Å². The molecule has 1 rings (SSSR count). The van der Waals surface area contributed by atoms with E-state index in [9.17, 15) is 23.1 Å². The number of aliphatic hydroxyl groups is 1. The zero-order valence-electron chi connectivity index (χ0n) is 10.2. The fraction of sp³-hybridized carbons (Fsp3) is 0.417. The lowest BCUT2D eigenvalue weighted by Gasteiger charge is -2.14. The first-order chi connectivity index (χ1) is 8.84. The van der Waals surface area contributed by atoms with Gasteiger partial charge in [0, 0.05) is 6.54 Å². The molecule has 0 fully saturated rings. The standard InChI is InChI=1S/C12H14F3NO3/c1-19-11(18)7-16-6-10(17)8-3-2-4-9(5-8)12(13,14)15/h2-5,10,16-17H,6-7H2,1H3. The van der Waals surface area contributed by atoms with Crippen LogP contribution in [-0.4, -0.2) is 31.3 Å². The van der Waals surface area contributed by atoms with Crippen molar-refractivity contribution in [1.29, 1.82) is 0 Å².